The van der Waals surface area contributed by atoms with Crippen molar-refractivity contribution < 1.29 is 56.5 Å². The molecule has 0 rings (SSSR count). The van der Waals surface area contributed by atoms with Crippen molar-refractivity contribution in [1.82, 2.24) is 5.32 Å². The number of rotatable bonds is 1. The molecule has 0 aliphatic carbocycles. The van der Waals surface area contributed by atoms with Crippen LogP contribution in [0.4, 0.5) is 0 Å². The zero-order chi connectivity index (χ0) is 4.28. The smallest absolute Gasteiger partial charge is 0.841 e. The standard InChI is InChI=1S/C3H8NO.K/c1-3(5)4-2;/h3-4H,1-2H3;/q-1;+1. The van der Waals surface area contributed by atoms with Crippen LogP contribution in [0.5, 0.6) is 0 Å². The molecule has 0 spiro atoms. The average Bonchev–Trinajstić information content (AvgIpc) is 1.38. The molecule has 6 heavy (non-hydrogen) atoms. The van der Waals surface area contributed by atoms with E-state index in [9.17, 15) is 5.11 Å². The van der Waals surface area contributed by atoms with Gasteiger partial charge < -0.3 is 10.4 Å². The van der Waals surface area contributed by atoms with E-state index in [0.717, 1.165) is 0 Å². The predicted octanol–water partition coefficient (Wildman–Crippen LogP) is -4.08. The molecule has 1 atom stereocenters. The quantitative estimate of drug-likeness (QED) is 0.277. The molecule has 0 radical (unpaired) electrons. The van der Waals surface area contributed by atoms with Crippen molar-refractivity contribution in [2.24, 2.45) is 0 Å². The summed E-state index contributed by atoms with van der Waals surface area (Å²) in [5, 5.41) is 12.3. The molecule has 0 heterocycles. The largest absolute Gasteiger partial charge is 1.00 e. The summed E-state index contributed by atoms with van der Waals surface area (Å²) in [6, 6.07) is 0. The van der Waals surface area contributed by atoms with Crippen LogP contribution in [0.2, 0.25) is 0 Å². The van der Waals surface area contributed by atoms with Crippen molar-refractivity contribution in [3.8, 4) is 0 Å². The van der Waals surface area contributed by atoms with Gasteiger partial charge in [-0.1, -0.05) is 13.2 Å². The molecular formula is C3H8KNO. The molecule has 0 amide bonds. The number of hydrogen-bond acceptors (Lipinski definition) is 2. The van der Waals surface area contributed by atoms with Crippen LogP contribution in [0, 0.1) is 0 Å². The molecule has 0 aromatic heterocycles. The normalized spacial score (nSPS) is 12.5. The van der Waals surface area contributed by atoms with Gasteiger partial charge in [-0.15, -0.1) is 0 Å². The van der Waals surface area contributed by atoms with Gasteiger partial charge in [0.15, 0.2) is 0 Å². The van der Waals surface area contributed by atoms with Crippen molar-refractivity contribution in [2.75, 3.05) is 7.05 Å². The molecule has 1 unspecified atom stereocenters. The van der Waals surface area contributed by atoms with E-state index in [1.54, 1.807) is 14.0 Å². The van der Waals surface area contributed by atoms with Gasteiger partial charge in [-0.05, 0) is 7.05 Å². The summed E-state index contributed by atoms with van der Waals surface area (Å²) in [5.41, 5.74) is 0. The second-order valence-corrected chi connectivity index (χ2v) is 0.931. The van der Waals surface area contributed by atoms with E-state index < -0.39 is 6.23 Å². The van der Waals surface area contributed by atoms with E-state index in [1.165, 1.54) is 0 Å². The maximum atomic E-state index is 9.78. The number of nitrogens with one attached hydrogen (secondary N) is 1. The molecule has 0 aromatic rings. The second-order valence-electron chi connectivity index (χ2n) is 0.931. The fourth-order valence-corrected chi connectivity index (χ4v) is 0. The van der Waals surface area contributed by atoms with Gasteiger partial charge in [0.25, 0.3) is 0 Å². The zero-order valence-corrected chi connectivity index (χ0v) is 7.61. The minimum atomic E-state index is -0.616. The van der Waals surface area contributed by atoms with Gasteiger partial charge in [-0.2, -0.15) is 0 Å². The summed E-state index contributed by atoms with van der Waals surface area (Å²) in [7, 11) is 1.64. The van der Waals surface area contributed by atoms with Crippen LogP contribution >= 0.6 is 0 Å². The minimum Gasteiger partial charge on any atom is -0.841 e. The second kappa shape index (κ2) is 6.56. The van der Waals surface area contributed by atoms with Crippen LogP contribution in [-0.2, 0) is 0 Å². The zero-order valence-electron chi connectivity index (χ0n) is 4.49. The van der Waals surface area contributed by atoms with Gasteiger partial charge >= 0.3 is 51.4 Å². The van der Waals surface area contributed by atoms with Crippen molar-refractivity contribution in [3.05, 3.63) is 0 Å². The van der Waals surface area contributed by atoms with Crippen molar-refractivity contribution in [3.63, 3.8) is 0 Å². The molecule has 0 aromatic carbocycles. The predicted molar refractivity (Wildman–Crippen MR) is 18.5 cm³/mol. The van der Waals surface area contributed by atoms with Gasteiger partial charge in [0.2, 0.25) is 0 Å². The minimum absolute atomic E-state index is 0. The van der Waals surface area contributed by atoms with Gasteiger partial charge in [-0.3, -0.25) is 0 Å². The van der Waals surface area contributed by atoms with Gasteiger partial charge in [0, 0.05) is 0 Å². The maximum Gasteiger partial charge on any atom is 1.00 e. The first-order valence-electron chi connectivity index (χ1n) is 1.60. The Balaban J connectivity index is 0. The summed E-state index contributed by atoms with van der Waals surface area (Å²) in [6.45, 7) is 1.56. The molecule has 2 nitrogen and oxygen atoms in total. The third-order valence-electron chi connectivity index (χ3n) is 0.407. The Bertz CT molecular complexity index is 24.8. The summed E-state index contributed by atoms with van der Waals surface area (Å²) < 4.78 is 0. The van der Waals surface area contributed by atoms with Crippen molar-refractivity contribution >= 4 is 0 Å². The fourth-order valence-electron chi connectivity index (χ4n) is 0. The van der Waals surface area contributed by atoms with Crippen LogP contribution in [0.25, 0.3) is 0 Å². The molecular weight excluding hydrogens is 105 g/mol. The molecule has 0 saturated carbocycles. The van der Waals surface area contributed by atoms with E-state index in [4.69, 9.17) is 0 Å². The fraction of sp³-hybridized carbons (Fsp3) is 1.00. The van der Waals surface area contributed by atoms with E-state index in [-0.39, 0.29) is 51.4 Å². The maximum absolute atomic E-state index is 9.78. The molecule has 0 saturated heterocycles. The van der Waals surface area contributed by atoms with Gasteiger partial charge in [-0.25, -0.2) is 0 Å². The number of hydrogen-bond donors (Lipinski definition) is 1. The van der Waals surface area contributed by atoms with Crippen LogP contribution < -0.4 is 61.8 Å². The Morgan fingerprint density at radius 1 is 1.67 bits per heavy atom. The molecule has 32 valence electrons. The Kier molecular flexibility index (Phi) is 11.5. The van der Waals surface area contributed by atoms with E-state index >= 15 is 0 Å². The van der Waals surface area contributed by atoms with Crippen molar-refractivity contribution in [1.29, 1.82) is 0 Å². The van der Waals surface area contributed by atoms with Crippen molar-refractivity contribution in [2.45, 2.75) is 13.2 Å². The third kappa shape index (κ3) is 9.12. The third-order valence-corrected chi connectivity index (χ3v) is 0.407. The first kappa shape index (κ1) is 10.5. The molecule has 0 aliphatic rings. The first-order valence-corrected chi connectivity index (χ1v) is 1.60. The van der Waals surface area contributed by atoms with Crippen LogP contribution in [-0.4, -0.2) is 13.3 Å². The Labute approximate surface area is 80.7 Å². The van der Waals surface area contributed by atoms with Crippen LogP contribution in [0.15, 0.2) is 0 Å². The molecule has 3 heteroatoms. The van der Waals surface area contributed by atoms with E-state index in [0.29, 0.717) is 0 Å². The summed E-state index contributed by atoms with van der Waals surface area (Å²) in [6.07, 6.45) is -0.616. The molecule has 0 fully saturated rings. The van der Waals surface area contributed by atoms with Crippen LogP contribution in [0.3, 0.4) is 0 Å². The van der Waals surface area contributed by atoms with E-state index in [1.807, 2.05) is 0 Å². The summed E-state index contributed by atoms with van der Waals surface area (Å²) in [4.78, 5) is 0. The monoisotopic (exact) mass is 113 g/mol. The molecule has 1 N–H and O–H groups in total. The topological polar surface area (TPSA) is 35.1 Å². The molecule has 0 aliphatic heterocycles. The van der Waals surface area contributed by atoms with Gasteiger partial charge in [0.05, 0.1) is 0 Å². The SMILES string of the molecule is CNC(C)[O-].[K+]. The molecule has 0 bridgehead atoms. The first-order chi connectivity index (χ1) is 2.27. The Morgan fingerprint density at radius 2 is 1.83 bits per heavy atom. The summed E-state index contributed by atoms with van der Waals surface area (Å²) >= 11 is 0. The van der Waals surface area contributed by atoms with Crippen LogP contribution in [0.1, 0.15) is 6.92 Å². The Morgan fingerprint density at radius 3 is 1.83 bits per heavy atom. The van der Waals surface area contributed by atoms with Gasteiger partial charge in [0.1, 0.15) is 0 Å². The van der Waals surface area contributed by atoms with E-state index in [2.05, 4.69) is 5.32 Å². The Hall–Kier alpha value is 1.56. The average molecular weight is 113 g/mol. The summed E-state index contributed by atoms with van der Waals surface area (Å²) in [5.74, 6) is 0.